The third kappa shape index (κ3) is 2.12. The average Bonchev–Trinajstić information content (AvgIpc) is 2.84. The molecule has 110 valence electrons. The van der Waals surface area contributed by atoms with Crippen molar-refractivity contribution in [1.82, 2.24) is 5.01 Å². The van der Waals surface area contributed by atoms with Crippen LogP contribution >= 0.6 is 0 Å². The maximum absolute atomic E-state index is 12.3. The first-order valence-electron chi connectivity index (χ1n) is 7.25. The predicted octanol–water partition coefficient (Wildman–Crippen LogP) is 3.47. The summed E-state index contributed by atoms with van der Waals surface area (Å²) in [6.45, 7) is 0. The van der Waals surface area contributed by atoms with Crippen LogP contribution in [0.15, 0.2) is 71.8 Å². The van der Waals surface area contributed by atoms with Crippen molar-refractivity contribution in [2.45, 2.75) is 0 Å². The van der Waals surface area contributed by atoms with Gasteiger partial charge in [-0.1, -0.05) is 54.6 Å². The molecule has 3 aromatic carbocycles. The Morgan fingerprint density at radius 3 is 2.09 bits per heavy atom. The van der Waals surface area contributed by atoms with E-state index in [0.29, 0.717) is 11.1 Å². The topological polar surface area (TPSA) is 49.7 Å². The minimum atomic E-state index is -0.387. The monoisotopic (exact) mass is 300 g/mol. The van der Waals surface area contributed by atoms with Crippen LogP contribution in [0.3, 0.4) is 0 Å². The number of carbonyl (C=O) groups is 2. The molecule has 0 bridgehead atoms. The number of nitrogens with zero attached hydrogens (tertiary/aromatic N) is 2. The van der Waals surface area contributed by atoms with Crippen LogP contribution < -0.4 is 0 Å². The number of benzene rings is 3. The predicted molar refractivity (Wildman–Crippen MR) is 88.5 cm³/mol. The second kappa shape index (κ2) is 5.18. The summed E-state index contributed by atoms with van der Waals surface area (Å²) in [5, 5.41) is 7.16. The molecule has 0 saturated carbocycles. The van der Waals surface area contributed by atoms with Gasteiger partial charge in [0.2, 0.25) is 0 Å². The van der Waals surface area contributed by atoms with Gasteiger partial charge in [-0.15, -0.1) is 0 Å². The molecule has 0 aliphatic carbocycles. The zero-order valence-corrected chi connectivity index (χ0v) is 12.1. The van der Waals surface area contributed by atoms with Crippen molar-refractivity contribution in [3.8, 4) is 0 Å². The Balaban J connectivity index is 1.72. The second-order valence-electron chi connectivity index (χ2n) is 5.28. The van der Waals surface area contributed by atoms with E-state index < -0.39 is 0 Å². The first-order chi connectivity index (χ1) is 11.3. The van der Waals surface area contributed by atoms with Crippen molar-refractivity contribution in [3.63, 3.8) is 0 Å². The van der Waals surface area contributed by atoms with Crippen LogP contribution in [-0.4, -0.2) is 23.0 Å². The highest BCUT2D eigenvalue weighted by Gasteiger charge is 2.35. The lowest BCUT2D eigenvalue weighted by Gasteiger charge is -2.06. The van der Waals surface area contributed by atoms with E-state index in [1.807, 2.05) is 42.5 Å². The molecule has 0 aromatic heterocycles. The van der Waals surface area contributed by atoms with Crippen molar-refractivity contribution >= 4 is 28.8 Å². The molecule has 1 aliphatic heterocycles. The van der Waals surface area contributed by atoms with Crippen LogP contribution in [0, 0.1) is 0 Å². The number of carbonyl (C=O) groups excluding carboxylic acids is 2. The molecule has 0 spiro atoms. The van der Waals surface area contributed by atoms with Gasteiger partial charge in [0, 0.05) is 5.56 Å². The minimum Gasteiger partial charge on any atom is -0.267 e. The fraction of sp³-hybridized carbons (Fsp3) is 0. The van der Waals surface area contributed by atoms with Crippen LogP contribution in [0.4, 0.5) is 0 Å². The Hall–Kier alpha value is -3.27. The Morgan fingerprint density at radius 1 is 0.739 bits per heavy atom. The largest absolute Gasteiger partial charge is 0.282 e. The molecule has 1 aliphatic rings. The summed E-state index contributed by atoms with van der Waals surface area (Å²) >= 11 is 0. The van der Waals surface area contributed by atoms with Crippen LogP contribution in [-0.2, 0) is 0 Å². The molecule has 4 rings (SSSR count). The number of amides is 2. The quantitative estimate of drug-likeness (QED) is 0.537. The van der Waals surface area contributed by atoms with Gasteiger partial charge in [0.05, 0.1) is 17.3 Å². The molecule has 2 amide bonds. The first kappa shape index (κ1) is 13.4. The van der Waals surface area contributed by atoms with E-state index in [1.165, 1.54) is 0 Å². The van der Waals surface area contributed by atoms with E-state index in [0.717, 1.165) is 21.3 Å². The molecular formula is C19H12N2O2. The van der Waals surface area contributed by atoms with Crippen LogP contribution in [0.25, 0.3) is 10.8 Å². The summed E-state index contributed by atoms with van der Waals surface area (Å²) < 4.78 is 0. The lowest BCUT2D eigenvalue weighted by molar-refractivity contribution is 0.0660. The van der Waals surface area contributed by atoms with Crippen molar-refractivity contribution < 1.29 is 9.59 Å². The SMILES string of the molecule is O=C1c2ccccc2C(=O)N1/N=C\c1cccc2ccccc12. The van der Waals surface area contributed by atoms with E-state index in [9.17, 15) is 9.59 Å². The smallest absolute Gasteiger partial charge is 0.267 e. The van der Waals surface area contributed by atoms with Crippen molar-refractivity contribution in [1.29, 1.82) is 0 Å². The second-order valence-corrected chi connectivity index (χ2v) is 5.28. The first-order valence-corrected chi connectivity index (χ1v) is 7.25. The van der Waals surface area contributed by atoms with Gasteiger partial charge < -0.3 is 0 Å². The lowest BCUT2D eigenvalue weighted by Crippen LogP contribution is -2.24. The Kier molecular flexibility index (Phi) is 3.01. The standard InChI is InChI=1S/C19H12N2O2/c22-18-16-10-3-4-11-17(16)19(23)21(18)20-12-14-8-5-7-13-6-1-2-9-15(13)14/h1-12H/b20-12-. The van der Waals surface area contributed by atoms with Gasteiger partial charge in [0.15, 0.2) is 0 Å². The maximum Gasteiger partial charge on any atom is 0.282 e. The molecule has 0 saturated heterocycles. The van der Waals surface area contributed by atoms with Gasteiger partial charge in [-0.05, 0) is 22.9 Å². The number of rotatable bonds is 2. The van der Waals surface area contributed by atoms with Gasteiger partial charge in [-0.2, -0.15) is 10.1 Å². The Bertz CT molecular complexity index is 936. The average molecular weight is 300 g/mol. The summed E-state index contributed by atoms with van der Waals surface area (Å²) in [6.07, 6.45) is 1.56. The Morgan fingerprint density at radius 2 is 1.35 bits per heavy atom. The zero-order valence-electron chi connectivity index (χ0n) is 12.1. The van der Waals surface area contributed by atoms with Gasteiger partial charge in [-0.25, -0.2) is 0 Å². The number of hydrogen-bond donors (Lipinski definition) is 0. The van der Waals surface area contributed by atoms with Gasteiger partial charge in [0.25, 0.3) is 11.8 Å². The van der Waals surface area contributed by atoms with Gasteiger partial charge >= 0.3 is 0 Å². The number of imide groups is 1. The number of hydrogen-bond acceptors (Lipinski definition) is 3. The maximum atomic E-state index is 12.3. The van der Waals surface area contributed by atoms with Crippen molar-refractivity contribution in [2.75, 3.05) is 0 Å². The van der Waals surface area contributed by atoms with Crippen LogP contribution in [0.5, 0.6) is 0 Å². The van der Waals surface area contributed by atoms with E-state index in [4.69, 9.17) is 0 Å². The van der Waals surface area contributed by atoms with E-state index in [2.05, 4.69) is 5.10 Å². The molecule has 3 aromatic rings. The summed E-state index contributed by atoms with van der Waals surface area (Å²) in [5.41, 5.74) is 1.65. The third-order valence-electron chi connectivity index (χ3n) is 3.91. The molecule has 0 unspecified atom stereocenters. The number of hydrazone groups is 1. The normalized spacial score (nSPS) is 14.0. The van der Waals surface area contributed by atoms with E-state index in [1.54, 1.807) is 30.5 Å². The molecule has 4 heteroatoms. The summed E-state index contributed by atoms with van der Waals surface area (Å²) in [5.74, 6) is -0.774. The highest BCUT2D eigenvalue weighted by molar-refractivity contribution is 6.21. The molecule has 23 heavy (non-hydrogen) atoms. The molecule has 4 nitrogen and oxygen atoms in total. The highest BCUT2D eigenvalue weighted by atomic mass is 16.2. The summed E-state index contributed by atoms with van der Waals surface area (Å²) in [6, 6.07) is 20.5. The van der Waals surface area contributed by atoms with Crippen LogP contribution in [0.2, 0.25) is 0 Å². The molecule has 1 heterocycles. The van der Waals surface area contributed by atoms with Crippen molar-refractivity contribution in [2.24, 2.45) is 5.10 Å². The van der Waals surface area contributed by atoms with Gasteiger partial charge in [-0.3, -0.25) is 9.59 Å². The fourth-order valence-electron chi connectivity index (χ4n) is 2.76. The summed E-state index contributed by atoms with van der Waals surface area (Å²) in [7, 11) is 0. The summed E-state index contributed by atoms with van der Waals surface area (Å²) in [4.78, 5) is 24.6. The lowest BCUT2D eigenvalue weighted by atomic mass is 10.1. The molecule has 0 radical (unpaired) electrons. The van der Waals surface area contributed by atoms with Gasteiger partial charge in [0.1, 0.15) is 0 Å². The Labute approximate surface area is 132 Å². The molecule has 0 atom stereocenters. The van der Waals surface area contributed by atoms with Crippen molar-refractivity contribution in [3.05, 3.63) is 83.4 Å². The molecule has 0 N–H and O–H groups in total. The van der Waals surface area contributed by atoms with Crippen LogP contribution in [0.1, 0.15) is 26.3 Å². The minimum absolute atomic E-state index is 0.387. The zero-order chi connectivity index (χ0) is 15.8. The molecular weight excluding hydrogens is 288 g/mol. The number of fused-ring (bicyclic) bond motifs is 2. The van der Waals surface area contributed by atoms with E-state index in [-0.39, 0.29) is 11.8 Å². The third-order valence-corrected chi connectivity index (χ3v) is 3.91. The molecule has 0 fully saturated rings. The van der Waals surface area contributed by atoms with E-state index >= 15 is 0 Å². The fourth-order valence-corrected chi connectivity index (χ4v) is 2.76. The highest BCUT2D eigenvalue weighted by Crippen LogP contribution is 2.23.